The number of nitrogens with two attached hydrogens (primary N) is 2. The second-order valence-corrected chi connectivity index (χ2v) is 10.2. The largest absolute Gasteiger partial charge is 0.493 e. The Balaban J connectivity index is 1.30. The highest BCUT2D eigenvalue weighted by molar-refractivity contribution is 9.10. The summed E-state index contributed by atoms with van der Waals surface area (Å²) in [6, 6.07) is 11.3. The van der Waals surface area contributed by atoms with Crippen molar-refractivity contribution in [3.63, 3.8) is 0 Å². The molecule has 2 aliphatic carbocycles. The minimum Gasteiger partial charge on any atom is -0.493 e. The highest BCUT2D eigenvalue weighted by Crippen LogP contribution is 2.71. The van der Waals surface area contributed by atoms with E-state index in [0.29, 0.717) is 22.9 Å². The van der Waals surface area contributed by atoms with Gasteiger partial charge in [0.1, 0.15) is 23.4 Å². The summed E-state index contributed by atoms with van der Waals surface area (Å²) in [6.07, 6.45) is 0.233. The number of nitrogen functional groups attached to an aromatic ring is 2. The van der Waals surface area contributed by atoms with Crippen molar-refractivity contribution in [2.75, 3.05) is 18.1 Å². The minimum absolute atomic E-state index is 0.0227. The summed E-state index contributed by atoms with van der Waals surface area (Å²) in [6.45, 7) is 2.21. The lowest BCUT2D eigenvalue weighted by molar-refractivity contribution is -0.0569. The zero-order valence-corrected chi connectivity index (χ0v) is 19.4. The fraction of sp³-hybridized carbons (Fsp3) is 0.348. The molecule has 3 heterocycles. The Hall–Kier alpha value is -2.95. The molecule has 33 heavy (non-hydrogen) atoms. The van der Waals surface area contributed by atoms with Crippen molar-refractivity contribution < 1.29 is 14.9 Å². The number of aliphatic hydroxyl groups excluding tert-OH is 2. The molecule has 5 atom stereocenters. The Labute approximate surface area is 197 Å². The molecule has 6 rings (SSSR count). The van der Waals surface area contributed by atoms with E-state index in [1.54, 1.807) is 4.52 Å². The quantitative estimate of drug-likeness (QED) is 0.327. The van der Waals surface area contributed by atoms with Gasteiger partial charge in [0, 0.05) is 22.3 Å². The Morgan fingerprint density at radius 2 is 1.97 bits per heavy atom. The molecule has 10 heteroatoms. The number of aliphatic hydroxyl groups is 2. The van der Waals surface area contributed by atoms with Crippen molar-refractivity contribution in [3.05, 3.63) is 52.9 Å². The van der Waals surface area contributed by atoms with Crippen LogP contribution < -0.4 is 16.2 Å². The van der Waals surface area contributed by atoms with Gasteiger partial charge in [-0.2, -0.15) is 5.10 Å². The summed E-state index contributed by atoms with van der Waals surface area (Å²) in [5.74, 6) is 1.44. The van der Waals surface area contributed by atoms with Gasteiger partial charge < -0.3 is 26.4 Å². The molecule has 2 saturated carbocycles. The Bertz CT molecular complexity index is 1430. The fourth-order valence-electron chi connectivity index (χ4n) is 5.67. The molecule has 2 fully saturated rings. The number of fused-ring (bicyclic) bond motifs is 3. The van der Waals surface area contributed by atoms with Gasteiger partial charge in [0.2, 0.25) is 0 Å². The molecule has 0 saturated heterocycles. The van der Waals surface area contributed by atoms with Crippen LogP contribution >= 0.6 is 15.9 Å². The SMILES string of the molecule is C[C@@]1(COc2ccc3cc(Br)c(N)nc3c2)[C@@H](O)[C@@H](O)[C@]2(c3ccc4c(N)ncnn34)C[C@@H]12. The molecule has 0 unspecified atom stereocenters. The van der Waals surface area contributed by atoms with E-state index < -0.39 is 23.0 Å². The van der Waals surface area contributed by atoms with Crippen molar-refractivity contribution in [2.45, 2.75) is 31.0 Å². The molecular formula is C23H23BrN6O3. The van der Waals surface area contributed by atoms with Gasteiger partial charge in [0.25, 0.3) is 0 Å². The van der Waals surface area contributed by atoms with Gasteiger partial charge in [-0.1, -0.05) is 6.92 Å². The molecule has 2 aliphatic rings. The van der Waals surface area contributed by atoms with Crippen LogP contribution in [-0.4, -0.2) is 48.6 Å². The summed E-state index contributed by atoms with van der Waals surface area (Å²) < 4.78 is 8.61. The average Bonchev–Trinajstić information content (AvgIpc) is 3.36. The van der Waals surface area contributed by atoms with Gasteiger partial charge in [-0.3, -0.25) is 0 Å². The summed E-state index contributed by atoms with van der Waals surface area (Å²) in [7, 11) is 0. The molecule has 0 amide bonds. The topological polar surface area (TPSA) is 145 Å². The smallest absolute Gasteiger partial charge is 0.151 e. The molecule has 9 nitrogen and oxygen atoms in total. The maximum absolute atomic E-state index is 11.2. The van der Waals surface area contributed by atoms with Crippen LogP contribution in [0, 0.1) is 11.3 Å². The van der Waals surface area contributed by atoms with Gasteiger partial charge in [-0.15, -0.1) is 0 Å². The maximum Gasteiger partial charge on any atom is 0.151 e. The molecule has 3 aromatic heterocycles. The van der Waals surface area contributed by atoms with Crippen LogP contribution in [-0.2, 0) is 5.41 Å². The number of ether oxygens (including phenoxy) is 1. The van der Waals surface area contributed by atoms with Gasteiger partial charge in [0.15, 0.2) is 5.82 Å². The van der Waals surface area contributed by atoms with E-state index >= 15 is 0 Å². The van der Waals surface area contributed by atoms with Gasteiger partial charge in [-0.25, -0.2) is 14.5 Å². The first-order valence-corrected chi connectivity index (χ1v) is 11.5. The van der Waals surface area contributed by atoms with Crippen LogP contribution in [0.25, 0.3) is 16.4 Å². The third-order valence-corrected chi connectivity index (χ3v) is 8.22. The zero-order chi connectivity index (χ0) is 23.1. The lowest BCUT2D eigenvalue weighted by Gasteiger charge is -2.32. The summed E-state index contributed by atoms with van der Waals surface area (Å²) >= 11 is 3.39. The number of pyridine rings is 1. The van der Waals surface area contributed by atoms with Crippen molar-refractivity contribution in [1.29, 1.82) is 0 Å². The van der Waals surface area contributed by atoms with Gasteiger partial charge in [-0.05, 0) is 58.6 Å². The fourth-order valence-corrected chi connectivity index (χ4v) is 6.00. The zero-order valence-electron chi connectivity index (χ0n) is 17.8. The number of hydrogen-bond donors (Lipinski definition) is 4. The molecule has 0 radical (unpaired) electrons. The van der Waals surface area contributed by atoms with Crippen LogP contribution in [0.15, 0.2) is 47.2 Å². The normalized spacial score (nSPS) is 30.6. The molecule has 0 bridgehead atoms. The van der Waals surface area contributed by atoms with Crippen LogP contribution in [0.3, 0.4) is 0 Å². The van der Waals surface area contributed by atoms with E-state index in [4.69, 9.17) is 16.2 Å². The lowest BCUT2D eigenvalue weighted by Crippen LogP contribution is -2.43. The first kappa shape index (κ1) is 20.6. The highest BCUT2D eigenvalue weighted by atomic mass is 79.9. The Kier molecular flexibility index (Phi) is 4.24. The Morgan fingerprint density at radius 3 is 2.79 bits per heavy atom. The number of anilines is 2. The van der Waals surface area contributed by atoms with Crippen molar-refractivity contribution in [2.24, 2.45) is 11.3 Å². The third-order valence-electron chi connectivity index (χ3n) is 7.58. The number of rotatable bonds is 4. The Morgan fingerprint density at radius 1 is 1.15 bits per heavy atom. The van der Waals surface area contributed by atoms with Crippen LogP contribution in [0.5, 0.6) is 5.75 Å². The van der Waals surface area contributed by atoms with Gasteiger partial charge in [0.05, 0.1) is 34.5 Å². The second-order valence-electron chi connectivity index (χ2n) is 9.35. The first-order valence-electron chi connectivity index (χ1n) is 10.7. The first-order chi connectivity index (χ1) is 15.8. The number of benzene rings is 1. The molecule has 0 spiro atoms. The summed E-state index contributed by atoms with van der Waals surface area (Å²) in [4.78, 5) is 8.44. The standard InChI is InChI=1S/C23H23BrN6O3/c1-22(9-33-12-3-2-11-6-13(24)20(25)29-14(11)7-12)16-8-23(16,19(32)18(22)31)17-5-4-15-21(26)27-10-28-30(15)17/h2-7,10,16,18-19,31-32H,8-9H2,1H3,(H2,25,29)(H2,26,27,28)/t16-,18-,19+,22-,23+/m0/s1. The monoisotopic (exact) mass is 510 g/mol. The molecular weight excluding hydrogens is 488 g/mol. The van der Waals surface area contributed by atoms with E-state index in [1.807, 2.05) is 43.3 Å². The van der Waals surface area contributed by atoms with Crippen LogP contribution in [0.1, 0.15) is 19.0 Å². The van der Waals surface area contributed by atoms with Gasteiger partial charge >= 0.3 is 0 Å². The van der Waals surface area contributed by atoms with Crippen molar-refractivity contribution >= 4 is 44.0 Å². The van der Waals surface area contributed by atoms with Crippen molar-refractivity contribution in [3.8, 4) is 5.75 Å². The number of aromatic nitrogens is 4. The lowest BCUT2D eigenvalue weighted by atomic mass is 9.83. The van der Waals surface area contributed by atoms with E-state index in [-0.39, 0.29) is 12.5 Å². The van der Waals surface area contributed by atoms with E-state index in [9.17, 15) is 10.2 Å². The summed E-state index contributed by atoms with van der Waals surface area (Å²) in [5, 5.41) is 27.5. The predicted molar refractivity (Wildman–Crippen MR) is 127 cm³/mol. The predicted octanol–water partition coefficient (Wildman–Crippen LogP) is 2.28. The van der Waals surface area contributed by atoms with Crippen LogP contribution in [0.2, 0.25) is 0 Å². The highest BCUT2D eigenvalue weighted by Gasteiger charge is 2.77. The van der Waals surface area contributed by atoms with E-state index in [1.165, 1.54) is 6.33 Å². The van der Waals surface area contributed by atoms with E-state index in [0.717, 1.165) is 27.5 Å². The number of hydrogen-bond acceptors (Lipinski definition) is 8. The molecule has 1 aromatic carbocycles. The molecule has 6 N–H and O–H groups in total. The minimum atomic E-state index is -0.953. The molecule has 170 valence electrons. The summed E-state index contributed by atoms with van der Waals surface area (Å²) in [5.41, 5.74) is 12.9. The average molecular weight is 511 g/mol. The third kappa shape index (κ3) is 2.74. The number of nitrogens with zero attached hydrogens (tertiary/aromatic N) is 4. The molecule has 4 aromatic rings. The molecule has 0 aliphatic heterocycles. The number of halogens is 1. The van der Waals surface area contributed by atoms with Crippen LogP contribution in [0.4, 0.5) is 11.6 Å². The van der Waals surface area contributed by atoms with E-state index in [2.05, 4.69) is 31.0 Å². The van der Waals surface area contributed by atoms with Crippen molar-refractivity contribution in [1.82, 2.24) is 19.6 Å². The maximum atomic E-state index is 11.2. The second kappa shape index (κ2) is 6.78.